The maximum absolute atomic E-state index is 6.19. The average Bonchev–Trinajstić information content (AvgIpc) is 2.35. The molecule has 2 nitrogen and oxygen atoms in total. The van der Waals surface area contributed by atoms with Crippen molar-refractivity contribution < 1.29 is 9.16 Å². The maximum atomic E-state index is 6.19. The molecule has 1 aromatic carbocycles. The van der Waals surface area contributed by atoms with Crippen LogP contribution in [0, 0.1) is 0 Å². The minimum atomic E-state index is -1.74. The molecule has 0 atom stereocenters. The predicted octanol–water partition coefficient (Wildman–Crippen LogP) is 5.16. The van der Waals surface area contributed by atoms with Gasteiger partial charge in [0.2, 0.25) is 8.32 Å². The lowest BCUT2D eigenvalue weighted by atomic mass is 10.1. The van der Waals surface area contributed by atoms with E-state index in [1.54, 1.807) is 7.11 Å². The largest absolute Gasteiger partial charge is 0.547 e. The SMILES string of the molecule is C=C(CCc1ccc(OC)cc1)O[Si](C)(C)C(C)(C)C. The zero-order chi connectivity index (χ0) is 15.4. The third kappa shape index (κ3) is 4.71. The molecule has 0 aliphatic carbocycles. The van der Waals surface area contributed by atoms with Gasteiger partial charge in [-0.2, -0.15) is 0 Å². The van der Waals surface area contributed by atoms with Crippen LogP contribution in [0.5, 0.6) is 5.75 Å². The third-order valence-electron chi connectivity index (χ3n) is 4.06. The lowest BCUT2D eigenvalue weighted by Gasteiger charge is -2.37. The fourth-order valence-electron chi connectivity index (χ4n) is 1.64. The highest BCUT2D eigenvalue weighted by Crippen LogP contribution is 2.38. The molecule has 0 saturated carbocycles. The summed E-state index contributed by atoms with van der Waals surface area (Å²) >= 11 is 0. The number of aryl methyl sites for hydroxylation is 1. The second kappa shape index (κ2) is 6.49. The van der Waals surface area contributed by atoms with Gasteiger partial charge >= 0.3 is 0 Å². The average molecular weight is 292 g/mol. The summed E-state index contributed by atoms with van der Waals surface area (Å²) in [5.74, 6) is 1.80. The molecular formula is C17H28O2Si. The fraction of sp³-hybridized carbons (Fsp3) is 0.529. The maximum Gasteiger partial charge on any atom is 0.250 e. The molecule has 0 heterocycles. The number of ether oxygens (including phenoxy) is 1. The molecule has 0 unspecified atom stereocenters. The van der Waals surface area contributed by atoms with Crippen molar-refractivity contribution in [3.63, 3.8) is 0 Å². The summed E-state index contributed by atoms with van der Waals surface area (Å²) in [6, 6.07) is 8.18. The van der Waals surface area contributed by atoms with Crippen LogP contribution >= 0.6 is 0 Å². The number of hydrogen-bond donors (Lipinski definition) is 0. The van der Waals surface area contributed by atoms with Crippen LogP contribution in [0.25, 0.3) is 0 Å². The van der Waals surface area contributed by atoms with Gasteiger partial charge in [0.05, 0.1) is 12.9 Å². The molecule has 0 bridgehead atoms. The van der Waals surface area contributed by atoms with Gasteiger partial charge in [-0.15, -0.1) is 0 Å². The van der Waals surface area contributed by atoms with Crippen molar-refractivity contribution in [1.29, 1.82) is 0 Å². The summed E-state index contributed by atoms with van der Waals surface area (Å²) in [7, 11) is -0.0560. The first-order chi connectivity index (χ1) is 9.15. The molecule has 0 aromatic heterocycles. The van der Waals surface area contributed by atoms with Gasteiger partial charge in [0, 0.05) is 6.42 Å². The van der Waals surface area contributed by atoms with Crippen molar-refractivity contribution in [2.45, 2.75) is 51.7 Å². The number of rotatable bonds is 6. The van der Waals surface area contributed by atoms with Gasteiger partial charge in [-0.05, 0) is 42.2 Å². The van der Waals surface area contributed by atoms with Gasteiger partial charge in [0.1, 0.15) is 5.75 Å². The van der Waals surface area contributed by atoms with Crippen molar-refractivity contribution >= 4 is 8.32 Å². The summed E-state index contributed by atoms with van der Waals surface area (Å²) in [5, 5.41) is 0.218. The zero-order valence-corrected chi connectivity index (χ0v) is 14.7. The molecule has 0 amide bonds. The lowest BCUT2D eigenvalue weighted by Crippen LogP contribution is -2.40. The zero-order valence-electron chi connectivity index (χ0n) is 13.7. The van der Waals surface area contributed by atoms with Crippen LogP contribution in [0.2, 0.25) is 18.1 Å². The summed E-state index contributed by atoms with van der Waals surface area (Å²) in [6.45, 7) is 15.3. The van der Waals surface area contributed by atoms with E-state index in [0.29, 0.717) is 0 Å². The molecule has 0 spiro atoms. The predicted molar refractivity (Wildman–Crippen MR) is 88.7 cm³/mol. The normalized spacial score (nSPS) is 12.1. The Morgan fingerprint density at radius 3 is 2.15 bits per heavy atom. The number of methoxy groups -OCH3 is 1. The lowest BCUT2D eigenvalue weighted by molar-refractivity contribution is 0.369. The molecule has 0 N–H and O–H groups in total. The topological polar surface area (TPSA) is 18.5 Å². The van der Waals surface area contributed by atoms with Gasteiger partial charge in [-0.3, -0.25) is 0 Å². The minimum Gasteiger partial charge on any atom is -0.547 e. The summed E-state index contributed by atoms with van der Waals surface area (Å²) < 4.78 is 11.4. The molecule has 112 valence electrons. The van der Waals surface area contributed by atoms with Crippen molar-refractivity contribution in [1.82, 2.24) is 0 Å². The highest BCUT2D eigenvalue weighted by atomic mass is 28.4. The first kappa shape index (κ1) is 16.8. The molecule has 1 rings (SSSR count). The van der Waals surface area contributed by atoms with Crippen LogP contribution in [0.1, 0.15) is 32.8 Å². The number of allylic oxidation sites excluding steroid dienone is 1. The minimum absolute atomic E-state index is 0.218. The second-order valence-corrected chi connectivity index (χ2v) is 11.5. The smallest absolute Gasteiger partial charge is 0.250 e. The molecule has 0 aliphatic heterocycles. The van der Waals surface area contributed by atoms with Crippen LogP contribution in [0.4, 0.5) is 0 Å². The number of benzene rings is 1. The molecule has 3 heteroatoms. The monoisotopic (exact) mass is 292 g/mol. The quantitative estimate of drug-likeness (QED) is 0.532. The van der Waals surface area contributed by atoms with Crippen molar-refractivity contribution in [3.05, 3.63) is 42.2 Å². The van der Waals surface area contributed by atoms with Gasteiger partial charge in [0.15, 0.2) is 0 Å². The summed E-state index contributed by atoms with van der Waals surface area (Å²) in [5.41, 5.74) is 1.28. The van der Waals surface area contributed by atoms with Crippen molar-refractivity contribution in [3.8, 4) is 5.75 Å². The number of hydrogen-bond acceptors (Lipinski definition) is 2. The van der Waals surface area contributed by atoms with Gasteiger partial charge in [0.25, 0.3) is 0 Å². The van der Waals surface area contributed by atoms with Crippen LogP contribution < -0.4 is 4.74 Å². The third-order valence-corrected chi connectivity index (χ3v) is 8.47. The fourth-order valence-corrected chi connectivity index (χ4v) is 2.77. The second-order valence-electron chi connectivity index (χ2n) is 6.75. The van der Waals surface area contributed by atoms with Crippen LogP contribution in [-0.2, 0) is 10.8 Å². The van der Waals surface area contributed by atoms with E-state index in [9.17, 15) is 0 Å². The molecule has 1 aromatic rings. The first-order valence-corrected chi connectivity index (χ1v) is 10.1. The Balaban J connectivity index is 2.51. The van der Waals surface area contributed by atoms with Gasteiger partial charge in [-0.1, -0.05) is 39.5 Å². The van der Waals surface area contributed by atoms with E-state index in [-0.39, 0.29) is 5.04 Å². The molecular weight excluding hydrogens is 264 g/mol. The van der Waals surface area contributed by atoms with Gasteiger partial charge in [-0.25, -0.2) is 0 Å². The van der Waals surface area contributed by atoms with E-state index in [0.717, 1.165) is 24.4 Å². The molecule has 0 saturated heterocycles. The van der Waals surface area contributed by atoms with Crippen molar-refractivity contribution in [2.24, 2.45) is 0 Å². The Morgan fingerprint density at radius 1 is 1.15 bits per heavy atom. The van der Waals surface area contributed by atoms with E-state index >= 15 is 0 Å². The van der Waals surface area contributed by atoms with Crippen LogP contribution in [-0.4, -0.2) is 15.4 Å². The van der Waals surface area contributed by atoms with Crippen LogP contribution in [0.3, 0.4) is 0 Å². The van der Waals surface area contributed by atoms with Crippen molar-refractivity contribution in [2.75, 3.05) is 7.11 Å². The molecule has 0 fully saturated rings. The van der Waals surface area contributed by atoms with E-state index in [1.807, 2.05) is 12.1 Å². The Bertz CT molecular complexity index is 441. The van der Waals surface area contributed by atoms with Crippen LogP contribution in [0.15, 0.2) is 36.6 Å². The molecule has 0 radical (unpaired) electrons. The standard InChI is InChI=1S/C17H28O2Si/c1-14(19-20(6,7)17(2,3)4)8-9-15-10-12-16(18-5)13-11-15/h10-13H,1,8-9H2,2-7H3. The van der Waals surface area contributed by atoms with E-state index < -0.39 is 8.32 Å². The Kier molecular flexibility index (Phi) is 5.46. The summed E-state index contributed by atoms with van der Waals surface area (Å²) in [6.07, 6.45) is 1.83. The molecule has 0 aliphatic rings. The van der Waals surface area contributed by atoms with E-state index in [2.05, 4.69) is 52.6 Å². The van der Waals surface area contributed by atoms with Gasteiger partial charge < -0.3 is 9.16 Å². The Morgan fingerprint density at radius 2 is 1.70 bits per heavy atom. The first-order valence-electron chi connectivity index (χ1n) is 7.15. The Hall–Kier alpha value is -1.22. The highest BCUT2D eigenvalue weighted by molar-refractivity contribution is 6.74. The van der Waals surface area contributed by atoms with E-state index in [4.69, 9.17) is 9.16 Å². The van der Waals surface area contributed by atoms with E-state index in [1.165, 1.54) is 5.56 Å². The molecule has 20 heavy (non-hydrogen) atoms. The highest BCUT2D eigenvalue weighted by Gasteiger charge is 2.38. The summed E-state index contributed by atoms with van der Waals surface area (Å²) in [4.78, 5) is 0. The Labute approximate surface area is 124 Å².